The second-order valence-corrected chi connectivity index (χ2v) is 6.99. The van der Waals surface area contributed by atoms with Crippen LogP contribution in [0.25, 0.3) is 0 Å². The van der Waals surface area contributed by atoms with Crippen LogP contribution in [0.15, 0.2) is 6.20 Å². The third-order valence-electron chi connectivity index (χ3n) is 2.78. The molecule has 0 fully saturated rings. The van der Waals surface area contributed by atoms with Crippen molar-refractivity contribution in [3.63, 3.8) is 0 Å². The first-order valence-corrected chi connectivity index (χ1v) is 8.09. The Morgan fingerprint density at radius 1 is 1.26 bits per heavy atom. The third-order valence-corrected chi connectivity index (χ3v) is 4.20. The number of thiazole rings is 1. The van der Waals surface area contributed by atoms with Crippen molar-refractivity contribution in [2.45, 2.75) is 58.9 Å². The molecule has 0 aliphatic heterocycles. The highest BCUT2D eigenvalue weighted by Crippen LogP contribution is 2.26. The van der Waals surface area contributed by atoms with Crippen LogP contribution in [0.4, 0.5) is 0 Å². The molecule has 0 bridgehead atoms. The van der Waals surface area contributed by atoms with Gasteiger partial charge in [-0.1, -0.05) is 34.1 Å². The minimum Gasteiger partial charge on any atom is -0.381 e. The highest BCUT2D eigenvalue weighted by Gasteiger charge is 2.17. The van der Waals surface area contributed by atoms with E-state index in [4.69, 9.17) is 4.74 Å². The zero-order chi connectivity index (χ0) is 14.1. The van der Waals surface area contributed by atoms with E-state index in [9.17, 15) is 0 Å². The number of ether oxygens (including phenoxy) is 1. The van der Waals surface area contributed by atoms with Gasteiger partial charge in [-0.2, -0.15) is 0 Å². The van der Waals surface area contributed by atoms with Crippen LogP contribution in [0.3, 0.4) is 0 Å². The van der Waals surface area contributed by atoms with Crippen molar-refractivity contribution in [3.05, 3.63) is 16.1 Å². The summed E-state index contributed by atoms with van der Waals surface area (Å²) in [5.74, 6) is 0. The zero-order valence-corrected chi connectivity index (χ0v) is 13.6. The lowest BCUT2D eigenvalue weighted by atomic mass is 9.98. The minimum atomic E-state index is 0.163. The number of aromatic nitrogens is 1. The van der Waals surface area contributed by atoms with Gasteiger partial charge in [-0.25, -0.2) is 4.98 Å². The smallest absolute Gasteiger partial charge is 0.0981 e. The van der Waals surface area contributed by atoms with Crippen molar-refractivity contribution in [1.82, 2.24) is 10.3 Å². The molecule has 0 saturated carbocycles. The molecule has 1 rings (SSSR count). The minimum absolute atomic E-state index is 0.163. The van der Waals surface area contributed by atoms with E-state index in [1.807, 2.05) is 17.5 Å². The topological polar surface area (TPSA) is 34.1 Å². The summed E-state index contributed by atoms with van der Waals surface area (Å²) in [4.78, 5) is 5.81. The maximum absolute atomic E-state index is 5.53. The van der Waals surface area contributed by atoms with Crippen LogP contribution in [0.1, 0.15) is 56.8 Å². The Morgan fingerprint density at radius 2 is 2.00 bits per heavy atom. The Bertz CT molecular complexity index is 344. The Labute approximate surface area is 121 Å². The number of nitrogens with one attached hydrogen (secondary N) is 1. The third kappa shape index (κ3) is 7.04. The van der Waals surface area contributed by atoms with Crippen LogP contribution >= 0.6 is 11.3 Å². The molecule has 19 heavy (non-hydrogen) atoms. The first-order chi connectivity index (χ1) is 9.04. The highest BCUT2D eigenvalue weighted by atomic mass is 32.1. The molecule has 1 aromatic rings. The van der Waals surface area contributed by atoms with Gasteiger partial charge >= 0.3 is 0 Å². The van der Waals surface area contributed by atoms with Gasteiger partial charge in [0.2, 0.25) is 0 Å². The van der Waals surface area contributed by atoms with Gasteiger partial charge in [0.15, 0.2) is 0 Å². The fourth-order valence-electron chi connectivity index (χ4n) is 1.60. The van der Waals surface area contributed by atoms with Gasteiger partial charge < -0.3 is 10.1 Å². The van der Waals surface area contributed by atoms with E-state index in [2.05, 4.69) is 38.0 Å². The van der Waals surface area contributed by atoms with Crippen molar-refractivity contribution in [3.8, 4) is 0 Å². The van der Waals surface area contributed by atoms with Crippen molar-refractivity contribution in [2.24, 2.45) is 0 Å². The maximum atomic E-state index is 5.53. The van der Waals surface area contributed by atoms with Gasteiger partial charge in [0, 0.05) is 36.2 Å². The molecule has 0 atom stereocenters. The van der Waals surface area contributed by atoms with Crippen molar-refractivity contribution in [2.75, 3.05) is 19.8 Å². The lowest BCUT2D eigenvalue weighted by Crippen LogP contribution is -2.15. The molecule has 0 spiro atoms. The van der Waals surface area contributed by atoms with Crippen LogP contribution in [-0.2, 0) is 16.7 Å². The second kappa shape index (κ2) is 8.67. The molecule has 0 unspecified atom stereocenters. The molecule has 4 heteroatoms. The van der Waals surface area contributed by atoms with Crippen LogP contribution in [-0.4, -0.2) is 24.7 Å². The molecule has 0 aliphatic carbocycles. The van der Waals surface area contributed by atoms with Gasteiger partial charge in [0.25, 0.3) is 0 Å². The van der Waals surface area contributed by atoms with Crippen molar-refractivity contribution in [1.29, 1.82) is 0 Å². The second-order valence-electron chi connectivity index (χ2n) is 5.88. The Morgan fingerprint density at radius 3 is 2.63 bits per heavy atom. The van der Waals surface area contributed by atoms with Crippen LogP contribution in [0, 0.1) is 0 Å². The summed E-state index contributed by atoms with van der Waals surface area (Å²) in [6.07, 6.45) is 5.45. The number of nitrogens with zero attached hydrogens (tertiary/aromatic N) is 1. The van der Waals surface area contributed by atoms with E-state index in [0.717, 1.165) is 32.7 Å². The van der Waals surface area contributed by atoms with Gasteiger partial charge in [0.05, 0.1) is 5.01 Å². The van der Waals surface area contributed by atoms with Gasteiger partial charge in [0.1, 0.15) is 0 Å². The lowest BCUT2D eigenvalue weighted by Gasteiger charge is -2.13. The fraction of sp³-hybridized carbons (Fsp3) is 0.800. The Hall–Kier alpha value is -0.450. The number of hydrogen-bond acceptors (Lipinski definition) is 4. The molecule has 3 nitrogen and oxygen atoms in total. The van der Waals surface area contributed by atoms with Gasteiger partial charge in [-0.3, -0.25) is 0 Å². The van der Waals surface area contributed by atoms with E-state index in [-0.39, 0.29) is 5.41 Å². The molecular formula is C15H28N2OS. The predicted octanol–water partition coefficient (Wildman–Crippen LogP) is 3.74. The molecular weight excluding hydrogens is 256 g/mol. The Balaban J connectivity index is 2.08. The van der Waals surface area contributed by atoms with Crippen LogP contribution in [0.5, 0.6) is 0 Å². The zero-order valence-electron chi connectivity index (χ0n) is 12.8. The number of hydrogen-bond donors (Lipinski definition) is 1. The van der Waals surface area contributed by atoms with E-state index in [0.29, 0.717) is 0 Å². The molecule has 0 radical (unpaired) electrons. The summed E-state index contributed by atoms with van der Waals surface area (Å²) in [5, 5.41) is 4.66. The average molecular weight is 284 g/mol. The number of rotatable bonds is 9. The Kier molecular flexibility index (Phi) is 7.57. The summed E-state index contributed by atoms with van der Waals surface area (Å²) >= 11 is 1.81. The molecule has 0 amide bonds. The molecule has 0 saturated heterocycles. The van der Waals surface area contributed by atoms with Crippen molar-refractivity contribution < 1.29 is 4.74 Å². The first-order valence-electron chi connectivity index (χ1n) is 7.27. The van der Waals surface area contributed by atoms with Crippen molar-refractivity contribution >= 4 is 11.3 Å². The largest absolute Gasteiger partial charge is 0.381 e. The summed E-state index contributed by atoms with van der Waals surface area (Å²) < 4.78 is 5.53. The lowest BCUT2D eigenvalue weighted by molar-refractivity contribution is 0.129. The van der Waals surface area contributed by atoms with E-state index >= 15 is 0 Å². The summed E-state index contributed by atoms with van der Waals surface area (Å²) in [7, 11) is 0. The summed E-state index contributed by atoms with van der Waals surface area (Å²) in [6, 6.07) is 0. The van der Waals surface area contributed by atoms with Crippen LogP contribution < -0.4 is 5.32 Å². The van der Waals surface area contributed by atoms with Crippen LogP contribution in [0.2, 0.25) is 0 Å². The van der Waals surface area contributed by atoms with Gasteiger partial charge in [-0.05, 0) is 19.4 Å². The maximum Gasteiger partial charge on any atom is 0.0981 e. The summed E-state index contributed by atoms with van der Waals surface area (Å²) in [5.41, 5.74) is 0.163. The predicted molar refractivity (Wildman–Crippen MR) is 82.9 cm³/mol. The SMILES string of the molecule is CCCCOCCCNCc1cnc(C(C)(C)C)s1. The first kappa shape index (κ1) is 16.6. The van der Waals surface area contributed by atoms with E-state index in [1.165, 1.54) is 22.7 Å². The van der Waals surface area contributed by atoms with Gasteiger partial charge in [-0.15, -0.1) is 11.3 Å². The van der Waals surface area contributed by atoms with E-state index < -0.39 is 0 Å². The monoisotopic (exact) mass is 284 g/mol. The van der Waals surface area contributed by atoms with E-state index in [1.54, 1.807) is 0 Å². The molecule has 110 valence electrons. The fourth-order valence-corrected chi connectivity index (χ4v) is 2.53. The molecule has 0 aliphatic rings. The molecule has 1 aromatic heterocycles. The molecule has 1 N–H and O–H groups in total. The standard InChI is InChI=1S/C15H28N2OS/c1-5-6-9-18-10-7-8-16-11-13-12-17-14(19-13)15(2,3)4/h12,16H,5-11H2,1-4H3. The summed E-state index contributed by atoms with van der Waals surface area (Å²) in [6.45, 7) is 12.5. The number of unbranched alkanes of at least 4 members (excludes halogenated alkanes) is 1. The molecule has 1 heterocycles. The molecule has 0 aromatic carbocycles. The normalized spacial score (nSPS) is 12.0. The quantitative estimate of drug-likeness (QED) is 0.702. The average Bonchev–Trinajstić information content (AvgIpc) is 2.81. The highest BCUT2D eigenvalue weighted by molar-refractivity contribution is 7.11.